The van der Waals surface area contributed by atoms with Gasteiger partial charge in [-0.25, -0.2) is 0 Å². The Balaban J connectivity index is 1.80. The fraction of sp³-hybridized carbons (Fsp3) is 0.308. The molecule has 102 valence electrons. The van der Waals surface area contributed by atoms with Crippen LogP contribution in [-0.2, 0) is 0 Å². The normalized spacial score (nSPS) is 15.7. The van der Waals surface area contributed by atoms with Gasteiger partial charge in [0.15, 0.2) is 5.82 Å². The molecule has 0 bridgehead atoms. The number of nitrogens with two attached hydrogens (primary N) is 1. The molecule has 2 N–H and O–H groups in total. The zero-order valence-corrected chi connectivity index (χ0v) is 13.0. The number of halogens is 1. The SMILES string of the molecule is Nc1ccc(-c2nn3c(C4CCC4)nnc3s2)cc1Br. The lowest BCUT2D eigenvalue weighted by atomic mass is 9.85. The minimum absolute atomic E-state index is 0.526. The summed E-state index contributed by atoms with van der Waals surface area (Å²) in [5.74, 6) is 1.53. The molecule has 20 heavy (non-hydrogen) atoms. The smallest absolute Gasteiger partial charge is 0.234 e. The van der Waals surface area contributed by atoms with Gasteiger partial charge >= 0.3 is 0 Å². The van der Waals surface area contributed by atoms with Crippen LogP contribution in [-0.4, -0.2) is 19.8 Å². The maximum absolute atomic E-state index is 5.82. The fourth-order valence-corrected chi connectivity index (χ4v) is 3.55. The van der Waals surface area contributed by atoms with Crippen molar-refractivity contribution in [1.82, 2.24) is 19.8 Å². The molecular formula is C13H12BrN5S. The Labute approximate surface area is 128 Å². The van der Waals surface area contributed by atoms with E-state index in [9.17, 15) is 0 Å². The number of benzene rings is 1. The molecule has 2 heterocycles. The number of nitrogen functional groups attached to an aromatic ring is 1. The first-order valence-electron chi connectivity index (χ1n) is 6.50. The van der Waals surface area contributed by atoms with Crippen molar-refractivity contribution in [2.75, 3.05) is 5.73 Å². The Hall–Kier alpha value is -1.47. The van der Waals surface area contributed by atoms with Gasteiger partial charge in [-0.15, -0.1) is 10.2 Å². The monoisotopic (exact) mass is 349 g/mol. The van der Waals surface area contributed by atoms with Crippen LogP contribution in [0.3, 0.4) is 0 Å². The molecule has 3 aromatic rings. The number of hydrogen-bond acceptors (Lipinski definition) is 5. The van der Waals surface area contributed by atoms with Crippen LogP contribution in [0.5, 0.6) is 0 Å². The standard InChI is InChI=1S/C13H12BrN5S/c14-9-6-8(4-5-10(9)15)12-18-19-11(7-2-1-3-7)16-17-13(19)20-12/h4-7H,1-3,15H2. The Morgan fingerprint density at radius 3 is 2.85 bits per heavy atom. The molecule has 0 radical (unpaired) electrons. The summed E-state index contributed by atoms with van der Waals surface area (Å²) in [5.41, 5.74) is 7.59. The molecule has 1 aromatic carbocycles. The molecule has 1 aliphatic rings. The van der Waals surface area contributed by atoms with Crippen LogP contribution in [0.4, 0.5) is 5.69 Å². The van der Waals surface area contributed by atoms with Gasteiger partial charge in [-0.05, 0) is 47.0 Å². The van der Waals surface area contributed by atoms with Crippen molar-refractivity contribution in [3.05, 3.63) is 28.5 Å². The van der Waals surface area contributed by atoms with Crippen LogP contribution in [0.1, 0.15) is 31.0 Å². The maximum atomic E-state index is 5.82. The van der Waals surface area contributed by atoms with Crippen LogP contribution >= 0.6 is 27.3 Å². The summed E-state index contributed by atoms with van der Waals surface area (Å²) < 4.78 is 2.79. The second-order valence-electron chi connectivity index (χ2n) is 5.02. The molecular weight excluding hydrogens is 338 g/mol. The van der Waals surface area contributed by atoms with Crippen molar-refractivity contribution in [1.29, 1.82) is 0 Å². The molecule has 1 saturated carbocycles. The molecule has 0 unspecified atom stereocenters. The average molecular weight is 350 g/mol. The van der Waals surface area contributed by atoms with Crippen molar-refractivity contribution >= 4 is 37.9 Å². The predicted molar refractivity (Wildman–Crippen MR) is 82.8 cm³/mol. The molecule has 0 atom stereocenters. The molecule has 0 saturated heterocycles. The quantitative estimate of drug-likeness (QED) is 0.719. The number of rotatable bonds is 2. The van der Waals surface area contributed by atoms with Crippen molar-refractivity contribution < 1.29 is 0 Å². The molecule has 1 fully saturated rings. The van der Waals surface area contributed by atoms with E-state index in [0.717, 1.165) is 31.5 Å². The minimum Gasteiger partial charge on any atom is -0.398 e. The first kappa shape index (κ1) is 12.3. The summed E-state index contributed by atoms with van der Waals surface area (Å²) in [7, 11) is 0. The van der Waals surface area contributed by atoms with E-state index < -0.39 is 0 Å². The van der Waals surface area contributed by atoms with Gasteiger partial charge in [-0.2, -0.15) is 9.61 Å². The lowest BCUT2D eigenvalue weighted by Crippen LogP contribution is -2.12. The highest BCUT2D eigenvalue weighted by Gasteiger charge is 2.26. The van der Waals surface area contributed by atoms with Gasteiger partial charge in [0.2, 0.25) is 4.96 Å². The highest BCUT2D eigenvalue weighted by atomic mass is 79.9. The second-order valence-corrected chi connectivity index (χ2v) is 6.83. The maximum Gasteiger partial charge on any atom is 0.234 e. The Morgan fingerprint density at radius 2 is 2.15 bits per heavy atom. The zero-order chi connectivity index (χ0) is 13.7. The summed E-state index contributed by atoms with van der Waals surface area (Å²) >= 11 is 5.01. The second kappa shape index (κ2) is 4.53. The largest absolute Gasteiger partial charge is 0.398 e. The topological polar surface area (TPSA) is 69.1 Å². The summed E-state index contributed by atoms with van der Waals surface area (Å²) in [6.45, 7) is 0. The van der Waals surface area contributed by atoms with E-state index in [4.69, 9.17) is 5.73 Å². The third kappa shape index (κ3) is 1.84. The highest BCUT2D eigenvalue weighted by Crippen LogP contribution is 2.37. The van der Waals surface area contributed by atoms with Gasteiger partial charge in [-0.3, -0.25) is 0 Å². The molecule has 0 aliphatic heterocycles. The Kier molecular flexibility index (Phi) is 2.78. The van der Waals surface area contributed by atoms with Crippen LogP contribution in [0, 0.1) is 0 Å². The molecule has 1 aliphatic carbocycles. The predicted octanol–water partition coefficient (Wildman–Crippen LogP) is 3.47. The van der Waals surface area contributed by atoms with Gasteiger partial charge in [0, 0.05) is 21.6 Å². The van der Waals surface area contributed by atoms with E-state index in [1.54, 1.807) is 11.3 Å². The number of nitrogens with zero attached hydrogens (tertiary/aromatic N) is 4. The van der Waals surface area contributed by atoms with Crippen LogP contribution in [0.15, 0.2) is 22.7 Å². The third-order valence-electron chi connectivity index (χ3n) is 3.73. The molecule has 2 aromatic heterocycles. The van der Waals surface area contributed by atoms with Crippen LogP contribution < -0.4 is 5.73 Å². The van der Waals surface area contributed by atoms with Crippen molar-refractivity contribution in [3.8, 4) is 10.6 Å². The van der Waals surface area contributed by atoms with Gasteiger partial charge in [0.25, 0.3) is 0 Å². The van der Waals surface area contributed by atoms with Gasteiger partial charge in [-0.1, -0.05) is 17.8 Å². The molecule has 5 nitrogen and oxygen atoms in total. The lowest BCUT2D eigenvalue weighted by Gasteiger charge is -2.22. The van der Waals surface area contributed by atoms with E-state index in [2.05, 4.69) is 31.2 Å². The van der Waals surface area contributed by atoms with Crippen molar-refractivity contribution in [2.24, 2.45) is 0 Å². The van der Waals surface area contributed by atoms with Crippen molar-refractivity contribution in [3.63, 3.8) is 0 Å². The summed E-state index contributed by atoms with van der Waals surface area (Å²) in [5, 5.41) is 14.1. The zero-order valence-electron chi connectivity index (χ0n) is 10.6. The van der Waals surface area contributed by atoms with Crippen LogP contribution in [0.2, 0.25) is 0 Å². The van der Waals surface area contributed by atoms with E-state index in [-0.39, 0.29) is 0 Å². The third-order valence-corrected chi connectivity index (χ3v) is 5.37. The van der Waals surface area contributed by atoms with Gasteiger partial charge in [0.05, 0.1) is 0 Å². The number of aromatic nitrogens is 4. The molecule has 7 heteroatoms. The van der Waals surface area contributed by atoms with Gasteiger partial charge < -0.3 is 5.73 Å². The Morgan fingerprint density at radius 1 is 1.30 bits per heavy atom. The number of fused-ring (bicyclic) bond motifs is 1. The lowest BCUT2D eigenvalue weighted by molar-refractivity contribution is 0.395. The summed E-state index contributed by atoms with van der Waals surface area (Å²) in [4.78, 5) is 0.856. The first-order chi connectivity index (χ1) is 9.72. The summed E-state index contributed by atoms with van der Waals surface area (Å²) in [6.07, 6.45) is 3.67. The Bertz CT molecular complexity index is 789. The molecule has 4 rings (SSSR count). The van der Waals surface area contributed by atoms with Crippen LogP contribution in [0.25, 0.3) is 15.5 Å². The summed E-state index contributed by atoms with van der Waals surface area (Å²) in [6, 6.07) is 5.85. The van der Waals surface area contributed by atoms with Crippen molar-refractivity contribution in [2.45, 2.75) is 25.2 Å². The van der Waals surface area contributed by atoms with Gasteiger partial charge in [0.1, 0.15) is 5.01 Å². The molecule has 0 spiro atoms. The van der Waals surface area contributed by atoms with E-state index in [0.29, 0.717) is 5.92 Å². The number of hydrogen-bond donors (Lipinski definition) is 1. The van der Waals surface area contributed by atoms with E-state index in [1.165, 1.54) is 19.3 Å². The van der Waals surface area contributed by atoms with E-state index >= 15 is 0 Å². The minimum atomic E-state index is 0.526. The van der Waals surface area contributed by atoms with E-state index in [1.807, 2.05) is 22.7 Å². The fourth-order valence-electron chi connectivity index (χ4n) is 2.33. The first-order valence-corrected chi connectivity index (χ1v) is 8.11. The number of anilines is 1. The average Bonchev–Trinajstić information content (AvgIpc) is 2.93. The molecule has 0 amide bonds. The highest BCUT2D eigenvalue weighted by molar-refractivity contribution is 9.10.